The zero-order valence-corrected chi connectivity index (χ0v) is 17.2. The summed E-state index contributed by atoms with van der Waals surface area (Å²) < 4.78 is 6.03. The van der Waals surface area contributed by atoms with Gasteiger partial charge in [-0.05, 0) is 68.8 Å². The highest BCUT2D eigenvalue weighted by atomic mass is 16.5. The van der Waals surface area contributed by atoms with Gasteiger partial charge in [0.25, 0.3) is 0 Å². The molecule has 0 amide bonds. The van der Waals surface area contributed by atoms with Crippen molar-refractivity contribution in [3.8, 4) is 0 Å². The Morgan fingerprint density at radius 2 is 1.60 bits per heavy atom. The van der Waals surface area contributed by atoms with Gasteiger partial charge in [0.05, 0.1) is 12.4 Å². The molecule has 0 spiro atoms. The van der Waals surface area contributed by atoms with Crippen molar-refractivity contribution in [2.75, 3.05) is 0 Å². The van der Waals surface area contributed by atoms with E-state index in [9.17, 15) is 0 Å². The first kappa shape index (κ1) is 20.8. The standard InChI is InChI=1S/C24H44O/c1-3-5-7-8-9-12-21-15-17-22(18-16-21)23-13-11-14-24(20-23)25-19-10-6-4-2/h10,19,21-24H,3-9,11-18,20H2,1-2H3/b19-10+. The molecule has 0 aromatic heterocycles. The van der Waals surface area contributed by atoms with Crippen LogP contribution in [0.1, 0.15) is 117 Å². The molecule has 0 aliphatic heterocycles. The van der Waals surface area contributed by atoms with E-state index in [1.807, 2.05) is 6.26 Å². The first-order valence-electron chi connectivity index (χ1n) is 11.6. The van der Waals surface area contributed by atoms with Crippen molar-refractivity contribution in [1.82, 2.24) is 0 Å². The van der Waals surface area contributed by atoms with E-state index in [1.54, 1.807) is 0 Å². The van der Waals surface area contributed by atoms with Gasteiger partial charge in [0.1, 0.15) is 0 Å². The number of rotatable bonds is 11. The minimum absolute atomic E-state index is 0.503. The molecule has 0 N–H and O–H groups in total. The topological polar surface area (TPSA) is 9.23 Å². The highest BCUT2D eigenvalue weighted by Gasteiger charge is 2.31. The van der Waals surface area contributed by atoms with Gasteiger partial charge in [-0.15, -0.1) is 0 Å². The molecule has 2 saturated carbocycles. The largest absolute Gasteiger partial charge is 0.498 e. The molecule has 2 atom stereocenters. The van der Waals surface area contributed by atoms with Crippen molar-refractivity contribution in [3.05, 3.63) is 12.3 Å². The number of unbranched alkanes of at least 4 members (excludes halogenated alkanes) is 5. The first-order valence-corrected chi connectivity index (χ1v) is 11.6. The number of hydrogen-bond donors (Lipinski definition) is 0. The van der Waals surface area contributed by atoms with Crippen LogP contribution in [0.2, 0.25) is 0 Å². The van der Waals surface area contributed by atoms with Gasteiger partial charge in [0.15, 0.2) is 0 Å². The molecule has 0 aromatic rings. The lowest BCUT2D eigenvalue weighted by atomic mass is 9.70. The molecule has 0 saturated heterocycles. The summed E-state index contributed by atoms with van der Waals surface area (Å²) >= 11 is 0. The molecule has 0 bridgehead atoms. The molecular weight excluding hydrogens is 304 g/mol. The van der Waals surface area contributed by atoms with E-state index in [1.165, 1.54) is 96.3 Å². The Kier molecular flexibility index (Phi) is 10.7. The Bertz CT molecular complexity index is 340. The summed E-state index contributed by atoms with van der Waals surface area (Å²) in [5.41, 5.74) is 0. The Morgan fingerprint density at radius 3 is 2.36 bits per heavy atom. The summed E-state index contributed by atoms with van der Waals surface area (Å²) in [4.78, 5) is 0. The lowest BCUT2D eigenvalue weighted by Crippen LogP contribution is -2.29. The van der Waals surface area contributed by atoms with Crippen LogP contribution in [0, 0.1) is 17.8 Å². The van der Waals surface area contributed by atoms with E-state index in [-0.39, 0.29) is 0 Å². The maximum atomic E-state index is 6.03. The summed E-state index contributed by atoms with van der Waals surface area (Å²) in [5, 5.41) is 0. The van der Waals surface area contributed by atoms with E-state index in [2.05, 4.69) is 19.9 Å². The van der Waals surface area contributed by atoms with Crippen LogP contribution in [-0.4, -0.2) is 6.10 Å². The van der Waals surface area contributed by atoms with E-state index in [0.29, 0.717) is 6.10 Å². The van der Waals surface area contributed by atoms with Crippen molar-refractivity contribution < 1.29 is 4.74 Å². The molecule has 146 valence electrons. The van der Waals surface area contributed by atoms with Crippen LogP contribution in [0.3, 0.4) is 0 Å². The molecule has 0 aromatic carbocycles. The minimum atomic E-state index is 0.503. The number of allylic oxidation sites excluding steroid dienone is 1. The zero-order chi connectivity index (χ0) is 17.7. The lowest BCUT2D eigenvalue weighted by molar-refractivity contribution is 0.0510. The fourth-order valence-electron chi connectivity index (χ4n) is 5.12. The van der Waals surface area contributed by atoms with Gasteiger partial charge in [-0.2, -0.15) is 0 Å². The molecule has 2 aliphatic rings. The highest BCUT2D eigenvalue weighted by Crippen LogP contribution is 2.41. The highest BCUT2D eigenvalue weighted by molar-refractivity contribution is 4.84. The molecule has 2 fully saturated rings. The number of ether oxygens (including phenoxy) is 1. The van der Waals surface area contributed by atoms with Gasteiger partial charge in [-0.25, -0.2) is 0 Å². The normalized spacial score (nSPS) is 30.6. The van der Waals surface area contributed by atoms with Crippen LogP contribution < -0.4 is 0 Å². The maximum absolute atomic E-state index is 6.03. The smallest absolute Gasteiger partial charge is 0.0981 e. The van der Waals surface area contributed by atoms with E-state index in [0.717, 1.165) is 24.2 Å². The summed E-state index contributed by atoms with van der Waals surface area (Å²) in [5.74, 6) is 3.00. The molecule has 25 heavy (non-hydrogen) atoms. The van der Waals surface area contributed by atoms with Gasteiger partial charge in [-0.1, -0.05) is 71.6 Å². The van der Waals surface area contributed by atoms with Crippen molar-refractivity contribution in [2.24, 2.45) is 17.8 Å². The van der Waals surface area contributed by atoms with Crippen molar-refractivity contribution in [3.63, 3.8) is 0 Å². The fraction of sp³-hybridized carbons (Fsp3) is 0.917. The van der Waals surface area contributed by atoms with E-state index in [4.69, 9.17) is 4.74 Å². The van der Waals surface area contributed by atoms with Crippen LogP contribution in [-0.2, 0) is 4.74 Å². The van der Waals surface area contributed by atoms with E-state index < -0.39 is 0 Å². The van der Waals surface area contributed by atoms with Crippen LogP contribution in [0.25, 0.3) is 0 Å². The molecule has 0 heterocycles. The molecular formula is C24H44O. The first-order chi connectivity index (χ1) is 12.3. The molecule has 2 unspecified atom stereocenters. The van der Waals surface area contributed by atoms with E-state index >= 15 is 0 Å². The Labute approximate surface area is 158 Å². The summed E-state index contributed by atoms with van der Waals surface area (Å²) in [6, 6.07) is 0. The molecule has 1 nitrogen and oxygen atoms in total. The van der Waals surface area contributed by atoms with Crippen LogP contribution in [0.15, 0.2) is 12.3 Å². The predicted octanol–water partition coefficient (Wildman–Crippen LogP) is 8.04. The molecule has 1 heteroatoms. The quantitative estimate of drug-likeness (QED) is 0.271. The Hall–Kier alpha value is -0.460. The van der Waals surface area contributed by atoms with Crippen molar-refractivity contribution in [2.45, 2.75) is 123 Å². The zero-order valence-electron chi connectivity index (χ0n) is 17.2. The third-order valence-corrected chi connectivity index (χ3v) is 6.76. The van der Waals surface area contributed by atoms with Gasteiger partial charge < -0.3 is 4.74 Å². The third-order valence-electron chi connectivity index (χ3n) is 6.76. The monoisotopic (exact) mass is 348 g/mol. The van der Waals surface area contributed by atoms with Crippen LogP contribution in [0.5, 0.6) is 0 Å². The fourth-order valence-corrected chi connectivity index (χ4v) is 5.12. The average Bonchev–Trinajstić information content (AvgIpc) is 2.66. The molecule has 0 radical (unpaired) electrons. The maximum Gasteiger partial charge on any atom is 0.0981 e. The predicted molar refractivity (Wildman–Crippen MR) is 110 cm³/mol. The third kappa shape index (κ3) is 8.18. The minimum Gasteiger partial charge on any atom is -0.498 e. The Morgan fingerprint density at radius 1 is 0.800 bits per heavy atom. The van der Waals surface area contributed by atoms with Gasteiger partial charge in [0.2, 0.25) is 0 Å². The number of hydrogen-bond acceptors (Lipinski definition) is 1. The second-order valence-electron chi connectivity index (χ2n) is 8.83. The van der Waals surface area contributed by atoms with Gasteiger partial charge in [-0.3, -0.25) is 0 Å². The van der Waals surface area contributed by atoms with Crippen LogP contribution in [0.4, 0.5) is 0 Å². The molecule has 2 aliphatic carbocycles. The van der Waals surface area contributed by atoms with Crippen molar-refractivity contribution >= 4 is 0 Å². The summed E-state index contributed by atoms with van der Waals surface area (Å²) in [6.07, 6.45) is 27.3. The van der Waals surface area contributed by atoms with Gasteiger partial charge >= 0.3 is 0 Å². The van der Waals surface area contributed by atoms with Crippen LogP contribution >= 0.6 is 0 Å². The lowest BCUT2D eigenvalue weighted by Gasteiger charge is -2.38. The molecule has 2 rings (SSSR count). The van der Waals surface area contributed by atoms with Gasteiger partial charge in [0, 0.05) is 0 Å². The Balaban J connectivity index is 1.61. The average molecular weight is 349 g/mol. The SMILES string of the molecule is CCC/C=C/OC1CCCC(C2CCC(CCCCCCC)CC2)C1. The second-order valence-corrected chi connectivity index (χ2v) is 8.83. The second kappa shape index (κ2) is 12.8. The summed E-state index contributed by atoms with van der Waals surface area (Å²) in [6.45, 7) is 4.53. The summed E-state index contributed by atoms with van der Waals surface area (Å²) in [7, 11) is 0. The van der Waals surface area contributed by atoms with Crippen molar-refractivity contribution in [1.29, 1.82) is 0 Å².